The van der Waals surface area contributed by atoms with Crippen molar-refractivity contribution in [2.45, 2.75) is 32.4 Å². The Morgan fingerprint density at radius 2 is 2.50 bits per heavy atom. The van der Waals surface area contributed by atoms with Gasteiger partial charge in [-0.2, -0.15) is 0 Å². The molecule has 4 nitrogen and oxygen atoms in total. The van der Waals surface area contributed by atoms with Gasteiger partial charge in [-0.25, -0.2) is 0 Å². The molecular weight excluding hydrogens is 270 g/mol. The van der Waals surface area contributed by atoms with Crippen molar-refractivity contribution in [3.05, 3.63) is 29.3 Å². The molecule has 2 aromatic rings. The largest absolute Gasteiger partial charge is 0.355 e. The molecular formula is C15H21N3OS. The Morgan fingerprint density at radius 1 is 1.55 bits per heavy atom. The summed E-state index contributed by atoms with van der Waals surface area (Å²) in [5.74, 6) is 0.882. The van der Waals surface area contributed by atoms with Crippen LogP contribution in [0.2, 0.25) is 0 Å². The van der Waals surface area contributed by atoms with E-state index in [4.69, 9.17) is 4.52 Å². The molecule has 108 valence electrons. The van der Waals surface area contributed by atoms with Crippen LogP contribution >= 0.6 is 11.3 Å². The van der Waals surface area contributed by atoms with Crippen molar-refractivity contribution in [2.24, 2.45) is 0 Å². The van der Waals surface area contributed by atoms with Crippen molar-refractivity contribution in [3.8, 4) is 10.6 Å². The lowest BCUT2D eigenvalue weighted by molar-refractivity contribution is 0.162. The number of hydrogen-bond acceptors (Lipinski definition) is 5. The molecule has 1 unspecified atom stereocenters. The second-order valence-electron chi connectivity index (χ2n) is 5.22. The number of thiophene rings is 1. The Hall–Kier alpha value is -1.17. The van der Waals surface area contributed by atoms with Crippen molar-refractivity contribution in [1.82, 2.24) is 15.4 Å². The summed E-state index contributed by atoms with van der Waals surface area (Å²) in [6, 6.07) is 6.80. The zero-order chi connectivity index (χ0) is 13.8. The zero-order valence-corrected chi connectivity index (χ0v) is 12.7. The summed E-state index contributed by atoms with van der Waals surface area (Å²) in [5, 5.41) is 9.76. The lowest BCUT2D eigenvalue weighted by Gasteiger charge is -2.33. The third kappa shape index (κ3) is 3.11. The van der Waals surface area contributed by atoms with Crippen molar-refractivity contribution >= 4 is 11.3 Å². The molecule has 1 fully saturated rings. The van der Waals surface area contributed by atoms with E-state index in [0.29, 0.717) is 6.04 Å². The molecule has 1 saturated heterocycles. The maximum Gasteiger partial charge on any atom is 0.177 e. The van der Waals surface area contributed by atoms with E-state index in [1.54, 1.807) is 11.3 Å². The standard InChI is InChI=1S/C15H21N3OS/c1-2-18(13-5-3-7-16-10-13)11-12-9-14(19-17-12)15-6-4-8-20-15/h4,6,8-9,13,16H,2-3,5,7,10-11H2,1H3. The van der Waals surface area contributed by atoms with Crippen LogP contribution in [0, 0.1) is 0 Å². The van der Waals surface area contributed by atoms with Crippen LogP contribution in [0.5, 0.6) is 0 Å². The van der Waals surface area contributed by atoms with Crippen LogP contribution in [0.1, 0.15) is 25.5 Å². The summed E-state index contributed by atoms with van der Waals surface area (Å²) in [4.78, 5) is 3.63. The maximum atomic E-state index is 5.46. The fourth-order valence-corrected chi connectivity index (χ4v) is 3.45. The van der Waals surface area contributed by atoms with E-state index in [-0.39, 0.29) is 0 Å². The molecule has 1 aliphatic heterocycles. The summed E-state index contributed by atoms with van der Waals surface area (Å²) < 4.78 is 5.46. The van der Waals surface area contributed by atoms with Crippen LogP contribution < -0.4 is 5.32 Å². The first-order chi connectivity index (χ1) is 9.86. The lowest BCUT2D eigenvalue weighted by atomic mass is 10.1. The normalized spacial score (nSPS) is 19.6. The fraction of sp³-hybridized carbons (Fsp3) is 0.533. The summed E-state index contributed by atoms with van der Waals surface area (Å²) in [6.45, 7) is 6.38. The molecule has 2 aromatic heterocycles. The molecule has 0 aliphatic carbocycles. The SMILES string of the molecule is CCN(Cc1cc(-c2cccs2)on1)C1CCCNC1. The molecule has 0 bridgehead atoms. The van der Waals surface area contributed by atoms with Gasteiger partial charge < -0.3 is 9.84 Å². The minimum absolute atomic E-state index is 0.621. The lowest BCUT2D eigenvalue weighted by Crippen LogP contribution is -2.45. The second kappa shape index (κ2) is 6.52. The Morgan fingerprint density at radius 3 is 3.20 bits per heavy atom. The summed E-state index contributed by atoms with van der Waals surface area (Å²) in [6.07, 6.45) is 2.54. The monoisotopic (exact) mass is 291 g/mol. The van der Waals surface area contributed by atoms with Gasteiger partial charge in [-0.15, -0.1) is 11.3 Å². The van der Waals surface area contributed by atoms with E-state index in [0.717, 1.165) is 42.5 Å². The number of piperidine rings is 1. The van der Waals surface area contributed by atoms with Crippen molar-refractivity contribution in [2.75, 3.05) is 19.6 Å². The van der Waals surface area contributed by atoms with Crippen LogP contribution in [0.15, 0.2) is 28.1 Å². The van der Waals surface area contributed by atoms with E-state index in [1.807, 2.05) is 6.07 Å². The zero-order valence-electron chi connectivity index (χ0n) is 11.8. The first-order valence-electron chi connectivity index (χ1n) is 7.31. The van der Waals surface area contributed by atoms with Gasteiger partial charge in [0.25, 0.3) is 0 Å². The van der Waals surface area contributed by atoms with Gasteiger partial charge in [0, 0.05) is 25.2 Å². The Bertz CT molecular complexity index is 517. The molecule has 1 aliphatic rings. The van der Waals surface area contributed by atoms with Crippen LogP contribution in [0.4, 0.5) is 0 Å². The van der Waals surface area contributed by atoms with E-state index in [9.17, 15) is 0 Å². The van der Waals surface area contributed by atoms with E-state index in [2.05, 4.69) is 39.8 Å². The van der Waals surface area contributed by atoms with E-state index < -0.39 is 0 Å². The number of likely N-dealkylation sites (N-methyl/N-ethyl adjacent to an activating group) is 1. The molecule has 0 spiro atoms. The van der Waals surface area contributed by atoms with E-state index in [1.165, 1.54) is 12.8 Å². The molecule has 3 rings (SSSR count). The van der Waals surface area contributed by atoms with Gasteiger partial charge in [-0.1, -0.05) is 18.1 Å². The molecule has 0 saturated carbocycles. The van der Waals surface area contributed by atoms with Gasteiger partial charge >= 0.3 is 0 Å². The molecule has 3 heterocycles. The highest BCUT2D eigenvalue weighted by Crippen LogP contribution is 2.25. The van der Waals surface area contributed by atoms with Crippen molar-refractivity contribution < 1.29 is 4.52 Å². The smallest absolute Gasteiger partial charge is 0.177 e. The van der Waals surface area contributed by atoms with Gasteiger partial charge in [0.15, 0.2) is 5.76 Å². The predicted molar refractivity (Wildman–Crippen MR) is 81.8 cm³/mol. The third-order valence-electron chi connectivity index (χ3n) is 3.88. The molecule has 1 N–H and O–H groups in total. The number of nitrogens with one attached hydrogen (secondary N) is 1. The molecule has 0 amide bonds. The maximum absolute atomic E-state index is 5.46. The first-order valence-corrected chi connectivity index (χ1v) is 8.19. The third-order valence-corrected chi connectivity index (χ3v) is 4.77. The molecule has 0 aromatic carbocycles. The second-order valence-corrected chi connectivity index (χ2v) is 6.17. The summed E-state index contributed by atoms with van der Waals surface area (Å²) in [5.41, 5.74) is 1.03. The number of nitrogens with zero attached hydrogens (tertiary/aromatic N) is 2. The summed E-state index contributed by atoms with van der Waals surface area (Å²) in [7, 11) is 0. The van der Waals surface area contributed by atoms with Gasteiger partial charge in [-0.3, -0.25) is 4.90 Å². The van der Waals surface area contributed by atoms with Crippen LogP contribution in [-0.2, 0) is 6.54 Å². The Balaban J connectivity index is 1.66. The minimum Gasteiger partial charge on any atom is -0.355 e. The molecule has 20 heavy (non-hydrogen) atoms. The molecule has 0 radical (unpaired) electrons. The van der Waals surface area contributed by atoms with Gasteiger partial charge in [0.2, 0.25) is 0 Å². The molecule has 5 heteroatoms. The number of hydrogen-bond donors (Lipinski definition) is 1. The quantitative estimate of drug-likeness (QED) is 0.919. The Labute approximate surface area is 123 Å². The van der Waals surface area contributed by atoms with Crippen LogP contribution in [0.25, 0.3) is 10.6 Å². The average molecular weight is 291 g/mol. The highest BCUT2D eigenvalue weighted by molar-refractivity contribution is 7.13. The number of rotatable bonds is 5. The number of aromatic nitrogens is 1. The predicted octanol–water partition coefficient (Wildman–Crippen LogP) is 2.98. The van der Waals surface area contributed by atoms with E-state index >= 15 is 0 Å². The van der Waals surface area contributed by atoms with Crippen molar-refractivity contribution in [3.63, 3.8) is 0 Å². The summed E-state index contributed by atoms with van der Waals surface area (Å²) >= 11 is 1.68. The van der Waals surface area contributed by atoms with Gasteiger partial charge in [0.05, 0.1) is 10.6 Å². The fourth-order valence-electron chi connectivity index (χ4n) is 2.77. The van der Waals surface area contributed by atoms with Crippen molar-refractivity contribution in [1.29, 1.82) is 0 Å². The highest BCUT2D eigenvalue weighted by atomic mass is 32.1. The molecule has 1 atom stereocenters. The minimum atomic E-state index is 0.621. The van der Waals surface area contributed by atoms with Gasteiger partial charge in [-0.05, 0) is 37.4 Å². The first kappa shape index (κ1) is 13.8. The topological polar surface area (TPSA) is 41.3 Å². The van der Waals surface area contributed by atoms with Gasteiger partial charge in [0.1, 0.15) is 0 Å². The Kier molecular flexibility index (Phi) is 4.50. The average Bonchev–Trinajstić information content (AvgIpc) is 3.16. The van der Waals surface area contributed by atoms with Crippen LogP contribution in [0.3, 0.4) is 0 Å². The highest BCUT2D eigenvalue weighted by Gasteiger charge is 2.21. The van der Waals surface area contributed by atoms with Crippen LogP contribution in [-0.4, -0.2) is 35.7 Å².